The third-order valence-electron chi connectivity index (χ3n) is 3.67. The zero-order valence-electron chi connectivity index (χ0n) is 12.6. The topological polar surface area (TPSA) is 84.7 Å². The molecule has 1 aliphatic rings. The molecule has 0 heterocycles. The summed E-state index contributed by atoms with van der Waals surface area (Å²) in [6, 6.07) is 0.119. The minimum absolute atomic E-state index is 0.0231. The molecule has 6 nitrogen and oxygen atoms in total. The van der Waals surface area contributed by atoms with Gasteiger partial charge in [-0.15, -0.1) is 0 Å². The first-order chi connectivity index (χ1) is 9.54. The number of ether oxygens (including phenoxy) is 1. The molecular formula is C14H27N3O3. The van der Waals surface area contributed by atoms with Crippen molar-refractivity contribution in [1.82, 2.24) is 10.2 Å². The maximum absolute atomic E-state index is 12.2. The van der Waals surface area contributed by atoms with E-state index in [0.29, 0.717) is 13.2 Å². The van der Waals surface area contributed by atoms with Gasteiger partial charge in [0.05, 0.1) is 6.54 Å². The Morgan fingerprint density at radius 3 is 2.80 bits per heavy atom. The third kappa shape index (κ3) is 5.88. The molecule has 0 spiro atoms. The van der Waals surface area contributed by atoms with Gasteiger partial charge in [-0.05, 0) is 25.7 Å². The summed E-state index contributed by atoms with van der Waals surface area (Å²) in [5.74, 6) is -0.116. The number of nitrogens with two attached hydrogens (primary N) is 1. The first kappa shape index (κ1) is 16.9. The molecule has 20 heavy (non-hydrogen) atoms. The SMILES string of the molecule is COCCCNC(=O)CN(C)C(=O)C1CCCC(N)C1. The quantitative estimate of drug-likeness (QED) is 0.650. The zero-order chi connectivity index (χ0) is 15.0. The molecule has 2 unspecified atom stereocenters. The van der Waals surface area contributed by atoms with Gasteiger partial charge in [-0.1, -0.05) is 6.42 Å². The van der Waals surface area contributed by atoms with Crippen molar-refractivity contribution in [2.75, 3.05) is 33.9 Å². The first-order valence-corrected chi connectivity index (χ1v) is 7.30. The first-order valence-electron chi connectivity index (χ1n) is 7.30. The van der Waals surface area contributed by atoms with Gasteiger partial charge in [0.2, 0.25) is 11.8 Å². The number of amides is 2. The van der Waals surface area contributed by atoms with Crippen LogP contribution in [0.4, 0.5) is 0 Å². The van der Waals surface area contributed by atoms with Gasteiger partial charge in [0.25, 0.3) is 0 Å². The summed E-state index contributed by atoms with van der Waals surface area (Å²) in [5.41, 5.74) is 5.90. The number of carbonyl (C=O) groups excluding carboxylic acids is 2. The highest BCUT2D eigenvalue weighted by molar-refractivity contribution is 5.85. The number of hydrogen-bond donors (Lipinski definition) is 2. The fourth-order valence-electron chi connectivity index (χ4n) is 2.56. The average Bonchev–Trinajstić information content (AvgIpc) is 2.42. The second-order valence-electron chi connectivity index (χ2n) is 5.51. The van der Waals surface area contributed by atoms with Crippen LogP contribution in [0.2, 0.25) is 0 Å². The highest BCUT2D eigenvalue weighted by Gasteiger charge is 2.28. The molecule has 0 radical (unpaired) electrons. The Bertz CT molecular complexity index is 323. The number of likely N-dealkylation sites (N-methyl/N-ethyl adjacent to an activating group) is 1. The third-order valence-corrected chi connectivity index (χ3v) is 3.67. The Kier molecular flexibility index (Phi) is 7.54. The van der Waals surface area contributed by atoms with Crippen molar-refractivity contribution in [3.63, 3.8) is 0 Å². The summed E-state index contributed by atoms with van der Waals surface area (Å²) in [4.78, 5) is 25.4. The van der Waals surface area contributed by atoms with Crippen molar-refractivity contribution in [3.8, 4) is 0 Å². The lowest BCUT2D eigenvalue weighted by Crippen LogP contribution is -2.43. The molecule has 2 atom stereocenters. The summed E-state index contributed by atoms with van der Waals surface area (Å²) in [7, 11) is 3.31. The van der Waals surface area contributed by atoms with Crippen molar-refractivity contribution < 1.29 is 14.3 Å². The Balaban J connectivity index is 2.28. The summed E-state index contributed by atoms with van der Waals surface area (Å²) >= 11 is 0. The maximum atomic E-state index is 12.2. The maximum Gasteiger partial charge on any atom is 0.239 e. The van der Waals surface area contributed by atoms with E-state index < -0.39 is 0 Å². The summed E-state index contributed by atoms with van der Waals surface area (Å²) in [5, 5.41) is 2.78. The van der Waals surface area contributed by atoms with Gasteiger partial charge in [0.15, 0.2) is 0 Å². The van der Waals surface area contributed by atoms with E-state index in [1.54, 1.807) is 14.2 Å². The van der Waals surface area contributed by atoms with Crippen LogP contribution in [0, 0.1) is 5.92 Å². The van der Waals surface area contributed by atoms with Gasteiger partial charge >= 0.3 is 0 Å². The van der Waals surface area contributed by atoms with Crippen molar-refractivity contribution in [1.29, 1.82) is 0 Å². The largest absolute Gasteiger partial charge is 0.385 e. The van der Waals surface area contributed by atoms with E-state index in [9.17, 15) is 9.59 Å². The van der Waals surface area contributed by atoms with E-state index in [0.717, 1.165) is 32.1 Å². The van der Waals surface area contributed by atoms with Crippen molar-refractivity contribution in [2.24, 2.45) is 11.7 Å². The number of hydrogen-bond acceptors (Lipinski definition) is 4. The molecule has 116 valence electrons. The van der Waals surface area contributed by atoms with E-state index in [1.165, 1.54) is 4.90 Å². The van der Waals surface area contributed by atoms with Crippen LogP contribution in [-0.4, -0.2) is 56.6 Å². The van der Waals surface area contributed by atoms with Crippen molar-refractivity contribution >= 4 is 11.8 Å². The molecule has 2 amide bonds. The van der Waals surface area contributed by atoms with E-state index in [1.807, 2.05) is 0 Å². The summed E-state index contributed by atoms with van der Waals surface area (Å²) in [6.07, 6.45) is 4.38. The van der Waals surface area contributed by atoms with Crippen LogP contribution >= 0.6 is 0 Å². The Morgan fingerprint density at radius 1 is 1.40 bits per heavy atom. The predicted molar refractivity (Wildman–Crippen MR) is 77.1 cm³/mol. The fraction of sp³-hybridized carbons (Fsp3) is 0.857. The number of rotatable bonds is 7. The Hall–Kier alpha value is -1.14. The van der Waals surface area contributed by atoms with Gasteiger partial charge in [-0.25, -0.2) is 0 Å². The zero-order valence-corrected chi connectivity index (χ0v) is 12.6. The van der Waals surface area contributed by atoms with Gasteiger partial charge < -0.3 is 20.7 Å². The lowest BCUT2D eigenvalue weighted by Gasteiger charge is -2.29. The van der Waals surface area contributed by atoms with Crippen molar-refractivity contribution in [3.05, 3.63) is 0 Å². The van der Waals surface area contributed by atoms with Gasteiger partial charge in [0.1, 0.15) is 0 Å². The molecule has 1 fully saturated rings. The van der Waals surface area contributed by atoms with Crippen LogP contribution in [0.3, 0.4) is 0 Å². The molecule has 1 rings (SSSR count). The van der Waals surface area contributed by atoms with E-state index in [-0.39, 0.29) is 30.3 Å². The number of nitrogens with one attached hydrogen (secondary N) is 1. The predicted octanol–water partition coefficient (Wildman–Crippen LogP) is 0.115. The Labute approximate surface area is 121 Å². The van der Waals surface area contributed by atoms with Crippen LogP contribution in [0.5, 0.6) is 0 Å². The molecule has 0 bridgehead atoms. The molecule has 1 aliphatic carbocycles. The molecule has 6 heteroatoms. The van der Waals surface area contributed by atoms with Crippen LogP contribution in [0.15, 0.2) is 0 Å². The molecule has 1 saturated carbocycles. The summed E-state index contributed by atoms with van der Waals surface area (Å²) in [6.45, 7) is 1.30. The van der Waals surface area contributed by atoms with Gasteiger partial charge in [-0.2, -0.15) is 0 Å². The number of nitrogens with zero attached hydrogens (tertiary/aromatic N) is 1. The fourth-order valence-corrected chi connectivity index (χ4v) is 2.56. The molecule has 0 aromatic carbocycles. The van der Waals surface area contributed by atoms with Crippen LogP contribution < -0.4 is 11.1 Å². The van der Waals surface area contributed by atoms with Crippen LogP contribution in [-0.2, 0) is 14.3 Å². The van der Waals surface area contributed by atoms with E-state index in [4.69, 9.17) is 10.5 Å². The minimum Gasteiger partial charge on any atom is -0.385 e. The highest BCUT2D eigenvalue weighted by Crippen LogP contribution is 2.24. The molecule has 0 saturated heterocycles. The lowest BCUT2D eigenvalue weighted by molar-refractivity contribution is -0.139. The highest BCUT2D eigenvalue weighted by atomic mass is 16.5. The average molecular weight is 285 g/mol. The molecule has 3 N–H and O–H groups in total. The van der Waals surface area contributed by atoms with Crippen LogP contribution in [0.25, 0.3) is 0 Å². The number of methoxy groups -OCH3 is 1. The van der Waals surface area contributed by atoms with E-state index >= 15 is 0 Å². The normalized spacial score (nSPS) is 22.4. The van der Waals surface area contributed by atoms with E-state index in [2.05, 4.69) is 5.32 Å². The second-order valence-corrected chi connectivity index (χ2v) is 5.51. The molecule has 0 aliphatic heterocycles. The smallest absolute Gasteiger partial charge is 0.239 e. The number of carbonyl (C=O) groups is 2. The Morgan fingerprint density at radius 2 is 2.15 bits per heavy atom. The summed E-state index contributed by atoms with van der Waals surface area (Å²) < 4.78 is 4.90. The lowest BCUT2D eigenvalue weighted by atomic mass is 9.85. The molecule has 0 aromatic rings. The van der Waals surface area contributed by atoms with Crippen LogP contribution in [0.1, 0.15) is 32.1 Å². The van der Waals surface area contributed by atoms with Gasteiger partial charge in [-0.3, -0.25) is 9.59 Å². The van der Waals surface area contributed by atoms with Gasteiger partial charge in [0, 0.05) is 39.3 Å². The molecule has 0 aromatic heterocycles. The monoisotopic (exact) mass is 285 g/mol. The molecular weight excluding hydrogens is 258 g/mol. The second kappa shape index (κ2) is 8.92. The standard InChI is InChI=1S/C14H27N3O3/c1-17(10-13(18)16-7-4-8-20-2)14(19)11-5-3-6-12(15)9-11/h11-12H,3-10,15H2,1-2H3,(H,16,18). The van der Waals surface area contributed by atoms with Crippen molar-refractivity contribution in [2.45, 2.75) is 38.1 Å². The minimum atomic E-state index is -0.128.